The predicted molar refractivity (Wildman–Crippen MR) is 75.9 cm³/mol. The summed E-state index contributed by atoms with van der Waals surface area (Å²) in [5.41, 5.74) is 5.02. The third kappa shape index (κ3) is 3.01. The Morgan fingerprint density at radius 1 is 1.53 bits per heavy atom. The normalized spacial score (nSPS) is 28.6. The second-order valence-corrected chi connectivity index (χ2v) is 5.94. The Labute approximate surface area is 115 Å². The summed E-state index contributed by atoms with van der Waals surface area (Å²) in [5, 5.41) is 12.0. The summed E-state index contributed by atoms with van der Waals surface area (Å²) in [6, 6.07) is 0. The monoisotopic (exact) mass is 269 g/mol. The summed E-state index contributed by atoms with van der Waals surface area (Å²) in [4.78, 5) is 14.6. The van der Waals surface area contributed by atoms with Crippen LogP contribution in [-0.4, -0.2) is 34.9 Å². The summed E-state index contributed by atoms with van der Waals surface area (Å²) < 4.78 is 0. The fourth-order valence-corrected chi connectivity index (χ4v) is 2.88. The maximum atomic E-state index is 12.7. The van der Waals surface area contributed by atoms with Gasteiger partial charge in [-0.05, 0) is 31.6 Å². The molecular formula is C14H27N3O2. The molecular weight excluding hydrogens is 242 g/mol. The van der Waals surface area contributed by atoms with Crippen LogP contribution in [0.5, 0.6) is 0 Å². The number of carbonyl (C=O) groups excluding carboxylic acids is 1. The highest BCUT2D eigenvalue weighted by Crippen LogP contribution is 2.47. The fraction of sp³-hybridized carbons (Fsp3) is 0.857. The molecule has 0 radical (unpaired) electrons. The van der Waals surface area contributed by atoms with Crippen LogP contribution < -0.4 is 5.73 Å². The van der Waals surface area contributed by atoms with Crippen molar-refractivity contribution >= 4 is 11.7 Å². The van der Waals surface area contributed by atoms with Crippen molar-refractivity contribution in [2.45, 2.75) is 47.0 Å². The minimum atomic E-state index is -0.766. The van der Waals surface area contributed by atoms with Gasteiger partial charge in [-0.25, -0.2) is 0 Å². The number of nitrogens with zero attached hydrogens (tertiary/aromatic N) is 2. The van der Waals surface area contributed by atoms with Crippen molar-refractivity contribution in [1.82, 2.24) is 4.90 Å². The van der Waals surface area contributed by atoms with Crippen LogP contribution in [0.1, 0.15) is 47.0 Å². The van der Waals surface area contributed by atoms with Crippen molar-refractivity contribution in [3.63, 3.8) is 0 Å². The number of rotatable bonds is 6. The molecule has 0 aliphatic heterocycles. The number of hydrogen-bond donors (Lipinski definition) is 2. The largest absolute Gasteiger partial charge is 0.409 e. The van der Waals surface area contributed by atoms with E-state index in [1.54, 1.807) is 0 Å². The quantitative estimate of drug-likeness (QED) is 0.335. The fourth-order valence-electron chi connectivity index (χ4n) is 2.88. The molecule has 5 heteroatoms. The first-order valence-electron chi connectivity index (χ1n) is 7.18. The van der Waals surface area contributed by atoms with Gasteiger partial charge in [-0.15, -0.1) is 0 Å². The third-order valence-electron chi connectivity index (χ3n) is 4.30. The second kappa shape index (κ2) is 6.26. The van der Waals surface area contributed by atoms with Crippen molar-refractivity contribution < 1.29 is 10.0 Å². The van der Waals surface area contributed by atoms with E-state index in [2.05, 4.69) is 25.9 Å². The Hall–Kier alpha value is -1.26. The van der Waals surface area contributed by atoms with E-state index >= 15 is 0 Å². The molecule has 0 aromatic carbocycles. The van der Waals surface area contributed by atoms with Gasteiger partial charge >= 0.3 is 0 Å². The molecule has 0 aromatic rings. The lowest BCUT2D eigenvalue weighted by molar-refractivity contribution is -0.144. The number of amidine groups is 1. The Balaban J connectivity index is 2.87. The second-order valence-electron chi connectivity index (χ2n) is 5.94. The first-order chi connectivity index (χ1) is 8.91. The van der Waals surface area contributed by atoms with Crippen molar-refractivity contribution in [2.75, 3.05) is 13.1 Å². The van der Waals surface area contributed by atoms with Gasteiger partial charge in [0.15, 0.2) is 5.84 Å². The molecule has 1 aliphatic rings. The third-order valence-corrected chi connectivity index (χ3v) is 4.30. The van der Waals surface area contributed by atoms with E-state index in [-0.39, 0.29) is 11.7 Å². The minimum absolute atomic E-state index is 0.0173. The summed E-state index contributed by atoms with van der Waals surface area (Å²) in [6.07, 6.45) is 2.40. The zero-order valence-corrected chi connectivity index (χ0v) is 12.5. The van der Waals surface area contributed by atoms with Gasteiger partial charge in [0.2, 0.25) is 5.91 Å². The van der Waals surface area contributed by atoms with Gasteiger partial charge in [0.05, 0.1) is 0 Å². The minimum Gasteiger partial charge on any atom is -0.409 e. The average Bonchev–Trinajstić information content (AvgIpc) is 2.38. The predicted octanol–water partition coefficient (Wildman–Crippen LogP) is 2.04. The molecule has 1 saturated carbocycles. The molecule has 19 heavy (non-hydrogen) atoms. The van der Waals surface area contributed by atoms with Crippen LogP contribution in [0.25, 0.3) is 0 Å². The van der Waals surface area contributed by atoms with Gasteiger partial charge < -0.3 is 15.8 Å². The van der Waals surface area contributed by atoms with E-state index in [9.17, 15) is 4.79 Å². The average molecular weight is 269 g/mol. The molecule has 0 spiro atoms. The topological polar surface area (TPSA) is 78.9 Å². The summed E-state index contributed by atoms with van der Waals surface area (Å²) in [5.74, 6) is 0.999. The van der Waals surface area contributed by atoms with E-state index in [0.717, 1.165) is 13.0 Å². The molecule has 0 heterocycles. The summed E-state index contributed by atoms with van der Waals surface area (Å²) >= 11 is 0. The molecule has 5 nitrogen and oxygen atoms in total. The van der Waals surface area contributed by atoms with Crippen molar-refractivity contribution in [1.29, 1.82) is 0 Å². The summed E-state index contributed by atoms with van der Waals surface area (Å²) in [7, 11) is 0. The standard InChI is InChI=1S/C14H27N3O2/c1-5-10(3)9-17(6-2)13(18)14(12(15)16-19)7-11(4)8-14/h10-11,19H,5-9H2,1-4H3,(H2,15,16). The highest BCUT2D eigenvalue weighted by molar-refractivity contribution is 6.07. The molecule has 110 valence electrons. The number of hydrogen-bond acceptors (Lipinski definition) is 3. The molecule has 1 fully saturated rings. The van der Waals surface area contributed by atoms with Crippen LogP contribution in [-0.2, 0) is 4.79 Å². The lowest BCUT2D eigenvalue weighted by Crippen LogP contribution is -2.58. The molecule has 3 N–H and O–H groups in total. The van der Waals surface area contributed by atoms with Crippen LogP contribution in [0.2, 0.25) is 0 Å². The van der Waals surface area contributed by atoms with Gasteiger partial charge in [-0.2, -0.15) is 0 Å². The maximum Gasteiger partial charge on any atom is 0.236 e. The van der Waals surface area contributed by atoms with Gasteiger partial charge in [0.1, 0.15) is 5.41 Å². The number of oxime groups is 1. The van der Waals surface area contributed by atoms with Crippen LogP contribution >= 0.6 is 0 Å². The number of amides is 1. The highest BCUT2D eigenvalue weighted by Gasteiger charge is 2.53. The van der Waals surface area contributed by atoms with Crippen molar-refractivity contribution in [3.05, 3.63) is 0 Å². The zero-order chi connectivity index (χ0) is 14.6. The Morgan fingerprint density at radius 2 is 2.11 bits per heavy atom. The van der Waals surface area contributed by atoms with Crippen molar-refractivity contribution in [3.8, 4) is 0 Å². The van der Waals surface area contributed by atoms with E-state index in [4.69, 9.17) is 10.9 Å². The molecule has 0 saturated heterocycles. The van der Waals surface area contributed by atoms with E-state index in [1.807, 2.05) is 11.8 Å². The first-order valence-corrected chi connectivity index (χ1v) is 7.18. The van der Waals surface area contributed by atoms with Gasteiger partial charge in [-0.3, -0.25) is 4.79 Å². The molecule has 1 amide bonds. The van der Waals surface area contributed by atoms with Gasteiger partial charge in [0, 0.05) is 13.1 Å². The Morgan fingerprint density at radius 3 is 2.47 bits per heavy atom. The molecule has 0 bridgehead atoms. The zero-order valence-electron chi connectivity index (χ0n) is 12.5. The molecule has 1 atom stereocenters. The van der Waals surface area contributed by atoms with E-state index in [0.29, 0.717) is 31.2 Å². The highest BCUT2D eigenvalue weighted by atomic mass is 16.4. The SMILES string of the molecule is CCC(C)CN(CC)C(=O)C1(C(N)=NO)CC(C)C1. The van der Waals surface area contributed by atoms with E-state index < -0.39 is 5.41 Å². The Bertz CT molecular complexity index is 349. The maximum absolute atomic E-state index is 12.7. The molecule has 1 unspecified atom stereocenters. The number of nitrogens with two attached hydrogens (primary N) is 1. The van der Waals surface area contributed by atoms with Crippen molar-refractivity contribution in [2.24, 2.45) is 28.1 Å². The lowest BCUT2D eigenvalue weighted by Gasteiger charge is -2.46. The molecule has 1 aliphatic carbocycles. The van der Waals surface area contributed by atoms with Gasteiger partial charge in [0.25, 0.3) is 0 Å². The molecule has 1 rings (SSSR count). The van der Waals surface area contributed by atoms with Crippen LogP contribution in [0.15, 0.2) is 5.16 Å². The van der Waals surface area contributed by atoms with Crippen LogP contribution in [0, 0.1) is 17.3 Å². The Kier molecular flexibility index (Phi) is 5.20. The van der Waals surface area contributed by atoms with E-state index in [1.165, 1.54) is 0 Å². The summed E-state index contributed by atoms with van der Waals surface area (Å²) in [6.45, 7) is 9.71. The first kappa shape index (κ1) is 15.8. The van der Waals surface area contributed by atoms with Crippen LogP contribution in [0.4, 0.5) is 0 Å². The smallest absolute Gasteiger partial charge is 0.236 e. The lowest BCUT2D eigenvalue weighted by atomic mass is 9.61. The number of carbonyl (C=O) groups is 1. The molecule has 0 aromatic heterocycles. The van der Waals surface area contributed by atoms with Crippen LogP contribution in [0.3, 0.4) is 0 Å². The van der Waals surface area contributed by atoms with Gasteiger partial charge in [-0.1, -0.05) is 32.3 Å².